The Balaban J connectivity index is 0.00000225. The summed E-state index contributed by atoms with van der Waals surface area (Å²) in [5.41, 5.74) is 0. The topological polar surface area (TPSA) is 58.8 Å². The molecular weight excluding hydrogens is 429 g/mol. The molecule has 2 heterocycles. The second-order valence-electron chi connectivity index (χ2n) is 7.09. The van der Waals surface area contributed by atoms with Crippen LogP contribution in [-0.2, 0) is 11.2 Å². The van der Waals surface area contributed by atoms with Crippen LogP contribution in [0.3, 0.4) is 0 Å². The molecule has 0 bridgehead atoms. The van der Waals surface area contributed by atoms with Gasteiger partial charge in [0, 0.05) is 31.7 Å². The molecule has 1 aromatic rings. The van der Waals surface area contributed by atoms with Gasteiger partial charge in [0.2, 0.25) is 0 Å². The Morgan fingerprint density at radius 3 is 2.68 bits per heavy atom. The van der Waals surface area contributed by atoms with Crippen molar-refractivity contribution < 1.29 is 9.15 Å². The van der Waals surface area contributed by atoms with Gasteiger partial charge in [-0.3, -0.25) is 4.99 Å². The molecule has 2 fully saturated rings. The van der Waals surface area contributed by atoms with Crippen molar-refractivity contribution in [3.05, 3.63) is 24.2 Å². The van der Waals surface area contributed by atoms with E-state index in [1.165, 1.54) is 32.1 Å². The van der Waals surface area contributed by atoms with E-state index in [9.17, 15) is 0 Å². The van der Waals surface area contributed by atoms with Crippen LogP contribution in [-0.4, -0.2) is 37.3 Å². The summed E-state index contributed by atoms with van der Waals surface area (Å²) in [6.45, 7) is 3.73. The molecule has 1 saturated heterocycles. The van der Waals surface area contributed by atoms with Gasteiger partial charge in [0.1, 0.15) is 5.76 Å². The minimum atomic E-state index is 0. The van der Waals surface area contributed by atoms with Crippen LogP contribution in [0.4, 0.5) is 0 Å². The largest absolute Gasteiger partial charge is 0.469 e. The second-order valence-corrected chi connectivity index (χ2v) is 7.09. The summed E-state index contributed by atoms with van der Waals surface area (Å²) in [7, 11) is 0. The first-order valence-corrected chi connectivity index (χ1v) is 9.51. The fraction of sp³-hybridized carbons (Fsp3) is 0.737. The third-order valence-electron chi connectivity index (χ3n) is 4.98. The molecule has 2 N–H and O–H groups in total. The summed E-state index contributed by atoms with van der Waals surface area (Å²) in [6.07, 6.45) is 11.5. The van der Waals surface area contributed by atoms with Crippen LogP contribution in [0.1, 0.15) is 57.6 Å². The highest BCUT2D eigenvalue weighted by Gasteiger charge is 2.21. The van der Waals surface area contributed by atoms with E-state index in [2.05, 4.69) is 17.6 Å². The summed E-state index contributed by atoms with van der Waals surface area (Å²) >= 11 is 0. The maximum Gasteiger partial charge on any atom is 0.191 e. The molecule has 1 saturated carbocycles. The van der Waals surface area contributed by atoms with Crippen molar-refractivity contribution in [1.29, 1.82) is 0 Å². The zero-order valence-corrected chi connectivity index (χ0v) is 17.5. The smallest absolute Gasteiger partial charge is 0.191 e. The molecule has 0 spiro atoms. The maximum atomic E-state index is 5.66. The lowest BCUT2D eigenvalue weighted by atomic mass is 9.95. The van der Waals surface area contributed by atoms with Crippen LogP contribution >= 0.6 is 24.0 Å². The molecular formula is C19H32IN3O2. The molecule has 0 radical (unpaired) electrons. The number of nitrogens with zero attached hydrogens (tertiary/aromatic N) is 1. The van der Waals surface area contributed by atoms with Crippen molar-refractivity contribution in [3.8, 4) is 0 Å². The van der Waals surface area contributed by atoms with Crippen molar-refractivity contribution in [2.45, 2.75) is 76.5 Å². The highest BCUT2D eigenvalue weighted by molar-refractivity contribution is 14.0. The number of hydrogen-bond donors (Lipinski definition) is 2. The first-order valence-electron chi connectivity index (χ1n) is 9.51. The van der Waals surface area contributed by atoms with Crippen molar-refractivity contribution >= 4 is 29.9 Å². The van der Waals surface area contributed by atoms with Crippen LogP contribution in [0.15, 0.2) is 27.8 Å². The van der Waals surface area contributed by atoms with Gasteiger partial charge in [-0.15, -0.1) is 24.0 Å². The van der Waals surface area contributed by atoms with Crippen molar-refractivity contribution in [3.63, 3.8) is 0 Å². The summed E-state index contributed by atoms with van der Waals surface area (Å²) < 4.78 is 11.1. The molecule has 1 aromatic heterocycles. The van der Waals surface area contributed by atoms with E-state index in [1.807, 2.05) is 12.1 Å². The van der Waals surface area contributed by atoms with Gasteiger partial charge in [-0.1, -0.05) is 19.3 Å². The maximum absolute atomic E-state index is 5.66. The van der Waals surface area contributed by atoms with E-state index >= 15 is 0 Å². The summed E-state index contributed by atoms with van der Waals surface area (Å²) in [4.78, 5) is 4.81. The van der Waals surface area contributed by atoms with Crippen molar-refractivity contribution in [2.75, 3.05) is 13.2 Å². The summed E-state index contributed by atoms with van der Waals surface area (Å²) in [5, 5.41) is 7.31. The molecule has 2 unspecified atom stereocenters. The van der Waals surface area contributed by atoms with Gasteiger partial charge in [-0.05, 0) is 44.7 Å². The molecule has 1 aliphatic heterocycles. The first kappa shape index (κ1) is 20.6. The van der Waals surface area contributed by atoms with E-state index in [4.69, 9.17) is 14.1 Å². The molecule has 142 valence electrons. The fourth-order valence-corrected chi connectivity index (χ4v) is 3.63. The van der Waals surface area contributed by atoms with Gasteiger partial charge in [-0.2, -0.15) is 0 Å². The number of nitrogens with one attached hydrogen (secondary N) is 2. The number of hydrogen-bond acceptors (Lipinski definition) is 3. The third-order valence-corrected chi connectivity index (χ3v) is 4.98. The molecule has 5 nitrogen and oxygen atoms in total. The van der Waals surface area contributed by atoms with E-state index < -0.39 is 0 Å². The molecule has 1 aliphatic carbocycles. The Morgan fingerprint density at radius 2 is 1.96 bits per heavy atom. The van der Waals surface area contributed by atoms with Crippen molar-refractivity contribution in [2.24, 2.45) is 4.99 Å². The molecule has 3 rings (SSSR count). The third kappa shape index (κ3) is 7.17. The molecule has 6 heteroatoms. The van der Waals surface area contributed by atoms with Gasteiger partial charge in [-0.25, -0.2) is 0 Å². The van der Waals surface area contributed by atoms with Gasteiger partial charge < -0.3 is 19.8 Å². The summed E-state index contributed by atoms with van der Waals surface area (Å²) in [6, 6.07) is 4.96. The Hall–Kier alpha value is -0.760. The average molecular weight is 461 g/mol. The minimum absolute atomic E-state index is 0. The van der Waals surface area contributed by atoms with E-state index in [0.29, 0.717) is 18.2 Å². The fourth-order valence-electron chi connectivity index (χ4n) is 3.63. The number of furan rings is 1. The van der Waals surface area contributed by atoms with Crippen LogP contribution in [0.25, 0.3) is 0 Å². The summed E-state index contributed by atoms with van der Waals surface area (Å²) in [5.74, 6) is 1.96. The Kier molecular flexibility index (Phi) is 9.09. The van der Waals surface area contributed by atoms with Crippen LogP contribution in [0.2, 0.25) is 0 Å². The van der Waals surface area contributed by atoms with E-state index in [1.54, 1.807) is 6.26 Å². The lowest BCUT2D eigenvalue weighted by Gasteiger charge is -2.31. The normalized spacial score (nSPS) is 25.2. The standard InChI is InChI=1S/C19H31N3O2.HI/c1-15-14-17(10-13-23-15)22-19(21-16-6-3-2-4-7-16)20-11-9-18-8-5-12-24-18;/h5,8,12,15-17H,2-4,6-7,9-11,13-14H2,1H3,(H2,20,21,22);1H. The van der Waals surface area contributed by atoms with Crippen molar-refractivity contribution in [1.82, 2.24) is 10.6 Å². The Morgan fingerprint density at radius 1 is 1.16 bits per heavy atom. The molecule has 2 aliphatic rings. The van der Waals surface area contributed by atoms with Gasteiger partial charge in [0.15, 0.2) is 5.96 Å². The number of guanidine groups is 1. The predicted molar refractivity (Wildman–Crippen MR) is 112 cm³/mol. The highest BCUT2D eigenvalue weighted by atomic mass is 127. The second kappa shape index (κ2) is 11.1. The molecule has 0 aromatic carbocycles. The minimum Gasteiger partial charge on any atom is -0.469 e. The zero-order chi connectivity index (χ0) is 16.6. The SMILES string of the molecule is CC1CC(NC(=NCCc2ccco2)NC2CCCCC2)CCO1.I. The van der Waals surface area contributed by atoms with Crippen LogP contribution in [0, 0.1) is 0 Å². The number of halogens is 1. The number of ether oxygens (including phenoxy) is 1. The quantitative estimate of drug-likeness (QED) is 0.397. The van der Waals surface area contributed by atoms with Crippen LogP contribution < -0.4 is 10.6 Å². The lowest BCUT2D eigenvalue weighted by molar-refractivity contribution is 0.0165. The number of rotatable bonds is 5. The average Bonchev–Trinajstić information content (AvgIpc) is 3.09. The molecule has 25 heavy (non-hydrogen) atoms. The molecule has 0 amide bonds. The number of aliphatic imine (C=N–C) groups is 1. The predicted octanol–water partition coefficient (Wildman–Crippen LogP) is 3.88. The monoisotopic (exact) mass is 461 g/mol. The first-order chi connectivity index (χ1) is 11.8. The van der Waals surface area contributed by atoms with Gasteiger partial charge >= 0.3 is 0 Å². The van der Waals surface area contributed by atoms with E-state index in [0.717, 1.165) is 44.1 Å². The van der Waals surface area contributed by atoms with Crippen LogP contribution in [0.5, 0.6) is 0 Å². The zero-order valence-electron chi connectivity index (χ0n) is 15.2. The van der Waals surface area contributed by atoms with Gasteiger partial charge in [0.25, 0.3) is 0 Å². The Bertz CT molecular complexity index is 501. The Labute approximate surface area is 168 Å². The highest BCUT2D eigenvalue weighted by Crippen LogP contribution is 2.18. The lowest BCUT2D eigenvalue weighted by Crippen LogP contribution is -2.50. The van der Waals surface area contributed by atoms with Gasteiger partial charge in [0.05, 0.1) is 12.4 Å². The molecule has 2 atom stereocenters. The van der Waals surface area contributed by atoms with E-state index in [-0.39, 0.29) is 24.0 Å².